The summed E-state index contributed by atoms with van der Waals surface area (Å²) < 4.78 is 16.4. The first kappa shape index (κ1) is 27.5. The molecule has 0 aromatic carbocycles. The molecule has 0 radical (unpaired) electrons. The maximum Gasteiger partial charge on any atom is 0.232 e. The van der Waals surface area contributed by atoms with Crippen LogP contribution in [0.5, 0.6) is 5.88 Å². The van der Waals surface area contributed by atoms with Gasteiger partial charge < -0.3 is 29.8 Å². The molecule has 0 amide bonds. The van der Waals surface area contributed by atoms with Gasteiger partial charge in [-0.1, -0.05) is 11.6 Å². The molecule has 11 heteroatoms. The first-order valence-electron chi connectivity index (χ1n) is 12.7. The van der Waals surface area contributed by atoms with Crippen LogP contribution in [0.2, 0.25) is 5.02 Å². The summed E-state index contributed by atoms with van der Waals surface area (Å²) in [4.78, 5) is 13.3. The number of hydrogen-bond acceptors (Lipinski definition) is 10. The van der Waals surface area contributed by atoms with Crippen LogP contribution in [-0.2, 0) is 9.47 Å². The lowest BCUT2D eigenvalue weighted by Gasteiger charge is -2.45. The van der Waals surface area contributed by atoms with Crippen LogP contribution in [0.4, 0.5) is 5.82 Å². The van der Waals surface area contributed by atoms with Gasteiger partial charge in [0.05, 0.1) is 41.2 Å². The maximum absolute atomic E-state index is 12.5. The molecule has 0 spiro atoms. The van der Waals surface area contributed by atoms with Crippen molar-refractivity contribution >= 4 is 17.4 Å². The van der Waals surface area contributed by atoms with Gasteiger partial charge in [-0.15, -0.1) is 0 Å². The first-order chi connectivity index (χ1) is 17.9. The molecule has 2 aromatic rings. The number of hydrogen-bond donors (Lipinski definition) is 1. The molecular weight excluding hydrogens is 496 g/mol. The molecule has 2 aliphatic rings. The number of pyridine rings is 1. The van der Waals surface area contributed by atoms with Crippen molar-refractivity contribution in [2.45, 2.75) is 63.6 Å². The molecule has 0 bridgehead atoms. The van der Waals surface area contributed by atoms with Gasteiger partial charge in [-0.3, -0.25) is 4.98 Å². The molecule has 3 heterocycles. The summed E-state index contributed by atoms with van der Waals surface area (Å²) in [7, 11) is 1.62. The zero-order valence-electron chi connectivity index (χ0n) is 21.4. The Morgan fingerprint density at radius 3 is 2.73 bits per heavy atom. The second-order valence-electron chi connectivity index (χ2n) is 9.90. The van der Waals surface area contributed by atoms with Gasteiger partial charge in [0.25, 0.3) is 0 Å². The van der Waals surface area contributed by atoms with Crippen LogP contribution in [0, 0.1) is 22.0 Å². The number of halogens is 1. The third-order valence-corrected chi connectivity index (χ3v) is 7.48. The monoisotopic (exact) mass is 529 g/mol. The van der Waals surface area contributed by atoms with Gasteiger partial charge in [-0.2, -0.15) is 5.26 Å². The van der Waals surface area contributed by atoms with E-state index in [0.29, 0.717) is 60.6 Å². The van der Waals surface area contributed by atoms with Gasteiger partial charge in [0.1, 0.15) is 12.4 Å². The SMILES string of the molecule is COCC(C)N([O-])C1CCC(Nc2cc(-c3cncc(OCC4(C#N)CCOCC4)n3)c(Cl)cn2)CC1. The third kappa shape index (κ3) is 7.06. The second kappa shape index (κ2) is 12.8. The fourth-order valence-electron chi connectivity index (χ4n) is 4.88. The van der Waals surface area contributed by atoms with Gasteiger partial charge in [0.15, 0.2) is 0 Å². The Bertz CT molecular complexity index is 1070. The highest BCUT2D eigenvalue weighted by Crippen LogP contribution is 2.33. The molecule has 1 unspecified atom stereocenters. The van der Waals surface area contributed by atoms with Crippen LogP contribution >= 0.6 is 11.6 Å². The Balaban J connectivity index is 1.38. The predicted octanol–water partition coefficient (Wildman–Crippen LogP) is 4.45. The Hall–Kier alpha value is -2.55. The summed E-state index contributed by atoms with van der Waals surface area (Å²) in [6, 6.07) is 4.33. The van der Waals surface area contributed by atoms with E-state index in [2.05, 4.69) is 26.3 Å². The number of nitrogens with one attached hydrogen (secondary N) is 1. The standard InChI is InChI=1S/C26H34ClN6O4/c1-18(15-35-2)33(34)20-5-3-19(4-6-20)31-24-11-21(22(27)12-30-24)23-13-29-14-25(32-23)37-17-26(16-28)7-9-36-10-8-26/h11-14,18-20H,3-10,15,17H2,1-2H3,(H,30,31)/q-1. The van der Waals surface area contributed by atoms with Crippen LogP contribution in [-0.4, -0.2) is 71.7 Å². The molecule has 1 N–H and O–H groups in total. The van der Waals surface area contributed by atoms with E-state index in [1.54, 1.807) is 19.5 Å². The number of nitrogens with zero attached hydrogens (tertiary/aromatic N) is 5. The molecule has 1 saturated carbocycles. The number of anilines is 1. The number of aromatic nitrogens is 3. The van der Waals surface area contributed by atoms with Gasteiger partial charge in [0, 0.05) is 44.2 Å². The van der Waals surface area contributed by atoms with Gasteiger partial charge in [-0.05, 0) is 57.6 Å². The Morgan fingerprint density at radius 2 is 2.03 bits per heavy atom. The quantitative estimate of drug-likeness (QED) is 0.440. The van der Waals surface area contributed by atoms with E-state index in [-0.39, 0.29) is 24.7 Å². The van der Waals surface area contributed by atoms with Crippen LogP contribution in [0.3, 0.4) is 0 Å². The van der Waals surface area contributed by atoms with Crippen molar-refractivity contribution in [2.24, 2.45) is 5.41 Å². The van der Waals surface area contributed by atoms with E-state index in [1.807, 2.05) is 13.0 Å². The van der Waals surface area contributed by atoms with Gasteiger partial charge in [0.2, 0.25) is 5.88 Å². The number of rotatable bonds is 10. The number of nitriles is 1. The Labute approximate surface area is 222 Å². The minimum absolute atomic E-state index is 0.0104. The topological polar surface area (TPSA) is 128 Å². The first-order valence-corrected chi connectivity index (χ1v) is 13.1. The molecule has 2 aromatic heterocycles. The summed E-state index contributed by atoms with van der Waals surface area (Å²) in [6.07, 6.45) is 9.39. The molecule has 200 valence electrons. The third-order valence-electron chi connectivity index (χ3n) is 7.18. The molecule has 4 rings (SSSR count). The van der Waals surface area contributed by atoms with E-state index in [1.165, 1.54) is 11.3 Å². The highest BCUT2D eigenvalue weighted by atomic mass is 35.5. The average Bonchev–Trinajstić information content (AvgIpc) is 2.94. The predicted molar refractivity (Wildman–Crippen MR) is 140 cm³/mol. The largest absolute Gasteiger partial charge is 0.785 e. The lowest BCUT2D eigenvalue weighted by molar-refractivity contribution is 0.0182. The minimum Gasteiger partial charge on any atom is -0.785 e. The summed E-state index contributed by atoms with van der Waals surface area (Å²) in [5.41, 5.74) is 0.667. The molecule has 1 aliphatic carbocycles. The minimum atomic E-state index is -0.578. The summed E-state index contributed by atoms with van der Waals surface area (Å²) in [5.74, 6) is 1.03. The highest BCUT2D eigenvalue weighted by Gasteiger charge is 2.34. The van der Waals surface area contributed by atoms with E-state index in [9.17, 15) is 10.5 Å². The molecule has 1 atom stereocenters. The summed E-state index contributed by atoms with van der Waals surface area (Å²) in [5, 5.41) is 27.3. The van der Waals surface area contributed by atoms with Crippen LogP contribution in [0.15, 0.2) is 24.7 Å². The lowest BCUT2D eigenvalue weighted by Crippen LogP contribution is -2.43. The van der Waals surface area contributed by atoms with Crippen molar-refractivity contribution in [3.05, 3.63) is 34.9 Å². The number of hydroxylamine groups is 2. The normalized spacial score (nSPS) is 22.3. The van der Waals surface area contributed by atoms with Crippen molar-refractivity contribution in [1.29, 1.82) is 5.26 Å². The molecular formula is C26H34ClN6O4-. The highest BCUT2D eigenvalue weighted by molar-refractivity contribution is 6.33. The van der Waals surface area contributed by atoms with Crippen LogP contribution in [0.25, 0.3) is 11.3 Å². The van der Waals surface area contributed by atoms with E-state index < -0.39 is 5.41 Å². The van der Waals surface area contributed by atoms with E-state index in [0.717, 1.165) is 25.7 Å². The second-order valence-corrected chi connectivity index (χ2v) is 10.3. The van der Waals surface area contributed by atoms with Crippen LogP contribution < -0.4 is 10.1 Å². The fourth-order valence-corrected chi connectivity index (χ4v) is 5.08. The molecule has 37 heavy (non-hydrogen) atoms. The zero-order chi connectivity index (χ0) is 26.3. The fraction of sp³-hybridized carbons (Fsp3) is 0.615. The Morgan fingerprint density at radius 1 is 1.27 bits per heavy atom. The van der Waals surface area contributed by atoms with Crippen molar-refractivity contribution in [1.82, 2.24) is 20.0 Å². The summed E-state index contributed by atoms with van der Waals surface area (Å²) >= 11 is 6.47. The van der Waals surface area contributed by atoms with Crippen molar-refractivity contribution < 1.29 is 14.2 Å². The number of methoxy groups -OCH3 is 1. The van der Waals surface area contributed by atoms with Gasteiger partial charge >= 0.3 is 0 Å². The molecule has 1 aliphatic heterocycles. The molecule has 10 nitrogen and oxygen atoms in total. The Kier molecular flexibility index (Phi) is 9.51. The lowest BCUT2D eigenvalue weighted by atomic mass is 9.83. The van der Waals surface area contributed by atoms with Crippen molar-refractivity contribution in [3.8, 4) is 23.2 Å². The van der Waals surface area contributed by atoms with Crippen LogP contribution in [0.1, 0.15) is 45.4 Å². The average molecular weight is 530 g/mol. The molecule has 1 saturated heterocycles. The van der Waals surface area contributed by atoms with Crippen molar-refractivity contribution in [3.63, 3.8) is 0 Å². The number of ether oxygens (including phenoxy) is 3. The molecule has 2 fully saturated rings. The van der Waals surface area contributed by atoms with Gasteiger partial charge in [-0.25, -0.2) is 9.97 Å². The van der Waals surface area contributed by atoms with E-state index in [4.69, 9.17) is 25.8 Å². The van der Waals surface area contributed by atoms with Crippen molar-refractivity contribution in [2.75, 3.05) is 38.9 Å². The smallest absolute Gasteiger partial charge is 0.232 e. The van der Waals surface area contributed by atoms with E-state index >= 15 is 0 Å². The maximum atomic E-state index is 12.5. The zero-order valence-corrected chi connectivity index (χ0v) is 22.1. The summed E-state index contributed by atoms with van der Waals surface area (Å²) in [6.45, 7) is 3.66.